The molecular weight excluding hydrogens is 344 g/mol. The van der Waals surface area contributed by atoms with Gasteiger partial charge in [-0.2, -0.15) is 0 Å². The first-order chi connectivity index (χ1) is 12.9. The van der Waals surface area contributed by atoms with Crippen LogP contribution in [0, 0.1) is 0 Å². The first-order valence-corrected chi connectivity index (χ1v) is 8.64. The molecule has 0 saturated carbocycles. The van der Waals surface area contributed by atoms with Crippen molar-refractivity contribution in [1.29, 1.82) is 0 Å². The molecule has 1 atom stereocenters. The van der Waals surface area contributed by atoms with Gasteiger partial charge in [0.2, 0.25) is 0 Å². The lowest BCUT2D eigenvalue weighted by atomic mass is 10.0. The average molecular weight is 368 g/mol. The van der Waals surface area contributed by atoms with Gasteiger partial charge in [0.1, 0.15) is 11.8 Å². The summed E-state index contributed by atoms with van der Waals surface area (Å²) in [5, 5.41) is 2.73. The number of carbonyl (C=O) groups excluding carboxylic acids is 2. The van der Waals surface area contributed by atoms with Crippen LogP contribution in [-0.4, -0.2) is 36.1 Å². The van der Waals surface area contributed by atoms with Crippen LogP contribution >= 0.6 is 0 Å². The highest BCUT2D eigenvalue weighted by Crippen LogP contribution is 2.18. The van der Waals surface area contributed by atoms with Crippen molar-refractivity contribution < 1.29 is 19.1 Å². The second-order valence-electron chi connectivity index (χ2n) is 6.28. The number of amides is 1. The maximum Gasteiger partial charge on any atom is 0.329 e. The van der Waals surface area contributed by atoms with Gasteiger partial charge >= 0.3 is 5.97 Å². The van der Waals surface area contributed by atoms with Crippen molar-refractivity contribution >= 4 is 17.4 Å². The molecule has 1 unspecified atom stereocenters. The number of ether oxygens (including phenoxy) is 2. The van der Waals surface area contributed by atoms with Gasteiger partial charge in [0.25, 0.3) is 5.91 Å². The minimum atomic E-state index is -0.822. The number of methoxy groups -OCH3 is 1. The number of hydrogen-bond acceptors (Lipinski definition) is 5. The van der Waals surface area contributed by atoms with Crippen molar-refractivity contribution in [3.63, 3.8) is 0 Å². The predicted octanol–water partition coefficient (Wildman–Crippen LogP) is 2.78. The van der Waals surface area contributed by atoms with Gasteiger partial charge in [-0.15, -0.1) is 0 Å². The molecule has 1 aromatic carbocycles. The Balaban J connectivity index is 2.13. The third-order valence-electron chi connectivity index (χ3n) is 3.84. The fraction of sp³-hybridized carbons (Fsp3) is 0.286. The molecule has 0 bridgehead atoms. The van der Waals surface area contributed by atoms with Crippen LogP contribution in [0.15, 0.2) is 55.4 Å². The average Bonchev–Trinajstić information content (AvgIpc) is 2.67. The SMILES string of the molecule is C=C(C(=O)NC(Cc1ccncc1)C(=O)OC(C)C)c1ccc(OC)cc1. The van der Waals surface area contributed by atoms with Crippen LogP contribution in [0.3, 0.4) is 0 Å². The van der Waals surface area contributed by atoms with Crippen molar-refractivity contribution in [2.45, 2.75) is 32.4 Å². The highest BCUT2D eigenvalue weighted by molar-refractivity contribution is 6.19. The topological polar surface area (TPSA) is 77.5 Å². The van der Waals surface area contributed by atoms with E-state index in [9.17, 15) is 9.59 Å². The van der Waals surface area contributed by atoms with E-state index in [0.29, 0.717) is 17.7 Å². The summed E-state index contributed by atoms with van der Waals surface area (Å²) in [5.41, 5.74) is 1.77. The summed E-state index contributed by atoms with van der Waals surface area (Å²) in [6.07, 6.45) is 3.30. The second-order valence-corrected chi connectivity index (χ2v) is 6.28. The number of pyridine rings is 1. The normalized spacial score (nSPS) is 11.6. The molecule has 0 aliphatic carbocycles. The van der Waals surface area contributed by atoms with E-state index in [1.165, 1.54) is 0 Å². The molecule has 2 rings (SSSR count). The number of esters is 1. The number of rotatable bonds is 8. The third kappa shape index (κ3) is 5.95. The summed E-state index contributed by atoms with van der Waals surface area (Å²) in [6, 6.07) is 9.73. The van der Waals surface area contributed by atoms with Crippen LogP contribution in [0.4, 0.5) is 0 Å². The summed E-state index contributed by atoms with van der Waals surface area (Å²) in [6.45, 7) is 7.37. The van der Waals surface area contributed by atoms with Crippen LogP contribution in [0.5, 0.6) is 5.75 Å². The molecule has 0 fully saturated rings. The van der Waals surface area contributed by atoms with Gasteiger partial charge in [-0.25, -0.2) is 4.79 Å². The Morgan fingerprint density at radius 3 is 2.30 bits per heavy atom. The minimum Gasteiger partial charge on any atom is -0.497 e. The van der Waals surface area contributed by atoms with E-state index in [-0.39, 0.29) is 11.7 Å². The number of nitrogens with zero attached hydrogens (tertiary/aromatic N) is 1. The molecule has 1 aromatic heterocycles. The molecule has 0 saturated heterocycles. The zero-order valence-electron chi connectivity index (χ0n) is 15.8. The van der Waals surface area contributed by atoms with E-state index in [1.807, 2.05) is 0 Å². The second kappa shape index (κ2) is 9.52. The Bertz CT molecular complexity index is 786. The lowest BCUT2D eigenvalue weighted by Crippen LogP contribution is -2.44. The first-order valence-electron chi connectivity index (χ1n) is 8.64. The van der Waals surface area contributed by atoms with Crippen molar-refractivity contribution in [1.82, 2.24) is 10.3 Å². The molecule has 2 aromatic rings. The van der Waals surface area contributed by atoms with Crippen LogP contribution < -0.4 is 10.1 Å². The molecular formula is C21H24N2O4. The van der Waals surface area contributed by atoms with Gasteiger partial charge in [-0.3, -0.25) is 9.78 Å². The van der Waals surface area contributed by atoms with E-state index in [2.05, 4.69) is 16.9 Å². The summed E-state index contributed by atoms with van der Waals surface area (Å²) in [4.78, 5) is 29.0. The third-order valence-corrected chi connectivity index (χ3v) is 3.84. The van der Waals surface area contributed by atoms with Crippen LogP contribution in [0.1, 0.15) is 25.0 Å². The maximum absolute atomic E-state index is 12.6. The Morgan fingerprint density at radius 1 is 1.11 bits per heavy atom. The molecule has 1 amide bonds. The largest absolute Gasteiger partial charge is 0.497 e. The number of aromatic nitrogens is 1. The first kappa shape index (κ1) is 20.2. The summed E-state index contributed by atoms with van der Waals surface area (Å²) < 4.78 is 10.4. The van der Waals surface area contributed by atoms with E-state index in [0.717, 1.165) is 5.56 Å². The summed E-state index contributed by atoms with van der Waals surface area (Å²) in [7, 11) is 1.57. The smallest absolute Gasteiger partial charge is 0.329 e. The lowest BCUT2D eigenvalue weighted by Gasteiger charge is -2.20. The fourth-order valence-electron chi connectivity index (χ4n) is 2.43. The monoisotopic (exact) mass is 368 g/mol. The molecule has 6 nitrogen and oxygen atoms in total. The quantitative estimate of drug-likeness (QED) is 0.573. The molecule has 0 aliphatic heterocycles. The van der Waals surface area contributed by atoms with Gasteiger partial charge in [-0.05, 0) is 49.2 Å². The van der Waals surface area contributed by atoms with Gasteiger partial charge < -0.3 is 14.8 Å². The number of benzene rings is 1. The van der Waals surface area contributed by atoms with E-state index < -0.39 is 17.9 Å². The van der Waals surface area contributed by atoms with E-state index in [1.54, 1.807) is 69.7 Å². The standard InChI is InChI=1S/C21H24N2O4/c1-14(2)27-21(25)19(13-16-9-11-22-12-10-16)23-20(24)15(3)17-5-7-18(26-4)8-6-17/h5-12,14,19H,3,13H2,1-2,4H3,(H,23,24). The summed E-state index contributed by atoms with van der Waals surface area (Å²) in [5.74, 6) is -0.236. The maximum atomic E-state index is 12.6. The van der Waals surface area contributed by atoms with E-state index >= 15 is 0 Å². The number of carbonyl (C=O) groups is 2. The zero-order chi connectivity index (χ0) is 19.8. The zero-order valence-corrected chi connectivity index (χ0v) is 15.8. The molecule has 1 heterocycles. The molecule has 0 aliphatic rings. The van der Waals surface area contributed by atoms with Gasteiger partial charge in [0.05, 0.1) is 13.2 Å². The van der Waals surface area contributed by atoms with Crippen molar-refractivity contribution in [3.05, 3.63) is 66.5 Å². The minimum absolute atomic E-state index is 0.259. The van der Waals surface area contributed by atoms with Gasteiger partial charge in [0, 0.05) is 24.4 Å². The molecule has 0 radical (unpaired) electrons. The van der Waals surface area contributed by atoms with Crippen molar-refractivity contribution in [2.24, 2.45) is 0 Å². The number of nitrogens with one attached hydrogen (secondary N) is 1. The fourth-order valence-corrected chi connectivity index (χ4v) is 2.43. The van der Waals surface area contributed by atoms with E-state index in [4.69, 9.17) is 9.47 Å². The molecule has 6 heteroatoms. The van der Waals surface area contributed by atoms with Crippen LogP contribution in [0.25, 0.3) is 5.57 Å². The molecule has 27 heavy (non-hydrogen) atoms. The molecule has 142 valence electrons. The highest BCUT2D eigenvalue weighted by atomic mass is 16.5. The van der Waals surface area contributed by atoms with Crippen molar-refractivity contribution in [3.8, 4) is 5.75 Å². The van der Waals surface area contributed by atoms with Crippen molar-refractivity contribution in [2.75, 3.05) is 7.11 Å². The predicted molar refractivity (Wildman–Crippen MR) is 103 cm³/mol. The lowest BCUT2D eigenvalue weighted by molar-refractivity contribution is -0.151. The Hall–Kier alpha value is -3.15. The Labute approximate surface area is 159 Å². The van der Waals surface area contributed by atoms with Gasteiger partial charge in [-0.1, -0.05) is 18.7 Å². The Kier molecular flexibility index (Phi) is 7.11. The number of hydrogen-bond donors (Lipinski definition) is 1. The molecule has 0 spiro atoms. The van der Waals surface area contributed by atoms with Crippen LogP contribution in [-0.2, 0) is 20.7 Å². The molecule has 1 N–H and O–H groups in total. The highest BCUT2D eigenvalue weighted by Gasteiger charge is 2.25. The van der Waals surface area contributed by atoms with Crippen LogP contribution in [0.2, 0.25) is 0 Å². The summed E-state index contributed by atoms with van der Waals surface area (Å²) >= 11 is 0. The van der Waals surface area contributed by atoms with Gasteiger partial charge in [0.15, 0.2) is 0 Å². The Morgan fingerprint density at radius 2 is 1.74 bits per heavy atom.